The van der Waals surface area contributed by atoms with Gasteiger partial charge in [-0.2, -0.15) is 0 Å². The molecule has 0 bridgehead atoms. The number of hydrogen-bond acceptors (Lipinski definition) is 2. The minimum atomic E-state index is 0.113. The summed E-state index contributed by atoms with van der Waals surface area (Å²) in [7, 11) is 0. The van der Waals surface area contributed by atoms with Crippen molar-refractivity contribution >= 4 is 22.5 Å². The quantitative estimate of drug-likeness (QED) is 0.783. The fraction of sp³-hybridized carbons (Fsp3) is 0.438. The molecule has 4 heteroatoms. The number of amides is 1. The van der Waals surface area contributed by atoms with Gasteiger partial charge in [0.1, 0.15) is 0 Å². The highest BCUT2D eigenvalue weighted by atomic mass is 16.2. The number of anilines is 1. The van der Waals surface area contributed by atoms with Crippen molar-refractivity contribution < 1.29 is 4.79 Å². The third-order valence-corrected chi connectivity index (χ3v) is 4.36. The molecule has 0 aliphatic carbocycles. The lowest BCUT2D eigenvalue weighted by molar-refractivity contribution is 0.0513. The van der Waals surface area contributed by atoms with Crippen LogP contribution in [0, 0.1) is 0 Å². The standard InChI is InChI=1S/C16H21N3O/c1-10-4-3-5-11(2)19(10)16(20)14-9-18-15-7-6-12(17)8-13(14)15/h6-11,18H,3-5,17H2,1-2H3/t10-,11+. The first-order valence-corrected chi connectivity index (χ1v) is 7.27. The number of rotatable bonds is 1. The van der Waals surface area contributed by atoms with Crippen LogP contribution < -0.4 is 5.73 Å². The number of H-pyrrole nitrogens is 1. The van der Waals surface area contributed by atoms with Crippen molar-refractivity contribution in [2.45, 2.75) is 45.2 Å². The van der Waals surface area contributed by atoms with Crippen LogP contribution in [0.2, 0.25) is 0 Å². The first-order valence-electron chi connectivity index (χ1n) is 7.27. The van der Waals surface area contributed by atoms with Gasteiger partial charge in [0.15, 0.2) is 0 Å². The van der Waals surface area contributed by atoms with Gasteiger partial charge >= 0.3 is 0 Å². The van der Waals surface area contributed by atoms with E-state index >= 15 is 0 Å². The van der Waals surface area contributed by atoms with Crippen molar-refractivity contribution in [1.82, 2.24) is 9.88 Å². The average Bonchev–Trinajstić information content (AvgIpc) is 2.81. The topological polar surface area (TPSA) is 62.1 Å². The van der Waals surface area contributed by atoms with Crippen LogP contribution in [0.4, 0.5) is 5.69 Å². The smallest absolute Gasteiger partial charge is 0.256 e. The Labute approximate surface area is 118 Å². The number of nitrogen functional groups attached to an aromatic ring is 1. The fourth-order valence-electron chi connectivity index (χ4n) is 3.28. The van der Waals surface area contributed by atoms with Gasteiger partial charge in [-0.3, -0.25) is 4.79 Å². The van der Waals surface area contributed by atoms with Gasteiger partial charge < -0.3 is 15.6 Å². The summed E-state index contributed by atoms with van der Waals surface area (Å²) in [5, 5.41) is 0.917. The van der Waals surface area contributed by atoms with Gasteiger partial charge in [0.05, 0.1) is 5.56 Å². The Morgan fingerprint density at radius 3 is 2.70 bits per heavy atom. The Hall–Kier alpha value is -1.97. The van der Waals surface area contributed by atoms with E-state index in [1.54, 1.807) is 6.20 Å². The lowest BCUT2D eigenvalue weighted by atomic mass is 9.96. The Morgan fingerprint density at radius 2 is 2.00 bits per heavy atom. The van der Waals surface area contributed by atoms with Crippen molar-refractivity contribution in [3.8, 4) is 0 Å². The highest BCUT2D eigenvalue weighted by molar-refractivity contribution is 6.07. The molecule has 4 nitrogen and oxygen atoms in total. The molecule has 1 aromatic carbocycles. The fourth-order valence-corrected chi connectivity index (χ4v) is 3.28. The molecule has 1 aliphatic heterocycles. The number of aromatic amines is 1. The van der Waals surface area contributed by atoms with E-state index in [4.69, 9.17) is 5.73 Å². The number of aromatic nitrogens is 1. The summed E-state index contributed by atoms with van der Waals surface area (Å²) in [6.07, 6.45) is 5.18. The molecule has 0 saturated carbocycles. The minimum Gasteiger partial charge on any atom is -0.399 e. The van der Waals surface area contributed by atoms with Crippen LogP contribution in [-0.4, -0.2) is 27.9 Å². The number of nitrogens with two attached hydrogens (primary N) is 1. The van der Waals surface area contributed by atoms with Gasteiger partial charge in [0.2, 0.25) is 0 Å². The first-order chi connectivity index (χ1) is 9.58. The van der Waals surface area contributed by atoms with E-state index in [1.807, 2.05) is 23.1 Å². The highest BCUT2D eigenvalue weighted by Gasteiger charge is 2.30. The number of carbonyl (C=O) groups excluding carboxylic acids is 1. The number of nitrogens with zero attached hydrogens (tertiary/aromatic N) is 1. The number of hydrogen-bond donors (Lipinski definition) is 2. The van der Waals surface area contributed by atoms with E-state index in [0.29, 0.717) is 17.8 Å². The van der Waals surface area contributed by atoms with Crippen LogP contribution >= 0.6 is 0 Å². The summed E-state index contributed by atoms with van der Waals surface area (Å²) < 4.78 is 0. The second kappa shape index (κ2) is 4.85. The number of carbonyl (C=O) groups is 1. The SMILES string of the molecule is C[C@@H]1CCC[C@H](C)N1C(=O)c1c[nH]c2ccc(N)cc12. The molecule has 106 valence electrons. The van der Waals surface area contributed by atoms with Crippen LogP contribution in [0.5, 0.6) is 0 Å². The lowest BCUT2D eigenvalue weighted by Gasteiger charge is -2.39. The van der Waals surface area contributed by atoms with E-state index in [0.717, 1.165) is 29.3 Å². The maximum Gasteiger partial charge on any atom is 0.256 e. The van der Waals surface area contributed by atoms with Gasteiger partial charge in [-0.15, -0.1) is 0 Å². The second-order valence-corrected chi connectivity index (χ2v) is 5.85. The van der Waals surface area contributed by atoms with Crippen molar-refractivity contribution in [3.05, 3.63) is 30.0 Å². The first kappa shape index (κ1) is 13.0. The molecule has 1 amide bonds. The molecule has 1 aromatic heterocycles. The second-order valence-electron chi connectivity index (χ2n) is 5.85. The number of piperidine rings is 1. The monoisotopic (exact) mass is 271 g/mol. The Bertz CT molecular complexity index is 636. The number of likely N-dealkylation sites (tertiary alicyclic amines) is 1. The zero-order valence-electron chi connectivity index (χ0n) is 12.0. The Kier molecular flexibility index (Phi) is 3.16. The highest BCUT2D eigenvalue weighted by Crippen LogP contribution is 2.28. The molecular weight excluding hydrogens is 250 g/mol. The van der Waals surface area contributed by atoms with Crippen LogP contribution in [0.15, 0.2) is 24.4 Å². The van der Waals surface area contributed by atoms with Crippen molar-refractivity contribution in [2.75, 3.05) is 5.73 Å². The van der Waals surface area contributed by atoms with Gasteiger partial charge in [-0.05, 0) is 51.3 Å². The molecule has 1 saturated heterocycles. The summed E-state index contributed by atoms with van der Waals surface area (Å²) in [5.74, 6) is 0.113. The molecule has 3 rings (SSSR count). The van der Waals surface area contributed by atoms with Gasteiger partial charge in [0.25, 0.3) is 5.91 Å². The lowest BCUT2D eigenvalue weighted by Crippen LogP contribution is -2.47. The molecule has 2 heterocycles. The van der Waals surface area contributed by atoms with E-state index in [9.17, 15) is 4.79 Å². The van der Waals surface area contributed by atoms with E-state index in [1.165, 1.54) is 6.42 Å². The van der Waals surface area contributed by atoms with Gasteiger partial charge in [-0.25, -0.2) is 0 Å². The van der Waals surface area contributed by atoms with Gasteiger partial charge in [0, 0.05) is 34.9 Å². The minimum absolute atomic E-state index is 0.113. The largest absolute Gasteiger partial charge is 0.399 e. The van der Waals surface area contributed by atoms with Crippen LogP contribution in [0.1, 0.15) is 43.5 Å². The average molecular weight is 271 g/mol. The number of nitrogens with one attached hydrogen (secondary N) is 1. The van der Waals surface area contributed by atoms with Crippen molar-refractivity contribution in [1.29, 1.82) is 0 Å². The molecule has 1 aliphatic rings. The molecule has 2 aromatic rings. The summed E-state index contributed by atoms with van der Waals surface area (Å²) in [6, 6.07) is 6.25. The normalized spacial score (nSPS) is 23.2. The third-order valence-electron chi connectivity index (χ3n) is 4.36. The summed E-state index contributed by atoms with van der Waals surface area (Å²) >= 11 is 0. The Morgan fingerprint density at radius 1 is 1.30 bits per heavy atom. The van der Waals surface area contributed by atoms with Gasteiger partial charge in [-0.1, -0.05) is 0 Å². The number of fused-ring (bicyclic) bond motifs is 1. The van der Waals surface area contributed by atoms with E-state index in [2.05, 4.69) is 18.8 Å². The molecule has 1 fully saturated rings. The predicted octanol–water partition coefficient (Wildman–Crippen LogP) is 3.15. The third kappa shape index (κ3) is 2.05. The number of benzene rings is 1. The zero-order chi connectivity index (χ0) is 14.3. The molecule has 0 unspecified atom stereocenters. The molecule has 20 heavy (non-hydrogen) atoms. The maximum absolute atomic E-state index is 12.9. The van der Waals surface area contributed by atoms with Crippen LogP contribution in [0.3, 0.4) is 0 Å². The van der Waals surface area contributed by atoms with E-state index in [-0.39, 0.29) is 5.91 Å². The van der Waals surface area contributed by atoms with Crippen LogP contribution in [0.25, 0.3) is 10.9 Å². The summed E-state index contributed by atoms with van der Waals surface area (Å²) in [6.45, 7) is 4.27. The summed E-state index contributed by atoms with van der Waals surface area (Å²) in [5.41, 5.74) is 8.22. The predicted molar refractivity (Wildman–Crippen MR) is 81.7 cm³/mol. The van der Waals surface area contributed by atoms with Crippen LogP contribution in [-0.2, 0) is 0 Å². The molecule has 2 atom stereocenters. The zero-order valence-corrected chi connectivity index (χ0v) is 12.0. The molecule has 0 spiro atoms. The molecular formula is C16H21N3O. The van der Waals surface area contributed by atoms with Crippen molar-refractivity contribution in [2.24, 2.45) is 0 Å². The molecule has 0 radical (unpaired) electrons. The Balaban J connectivity index is 2.01. The van der Waals surface area contributed by atoms with Crippen molar-refractivity contribution in [3.63, 3.8) is 0 Å². The molecule has 3 N–H and O–H groups in total. The summed E-state index contributed by atoms with van der Waals surface area (Å²) in [4.78, 5) is 18.1. The maximum atomic E-state index is 12.9. The van der Waals surface area contributed by atoms with E-state index < -0.39 is 0 Å².